The molecule has 0 heterocycles. The largest absolute Gasteiger partial charge is 0.398 e. The van der Waals surface area contributed by atoms with E-state index in [9.17, 15) is 4.79 Å². The summed E-state index contributed by atoms with van der Waals surface area (Å²) in [7, 11) is 0. The molecule has 0 aliphatic carbocycles. The fraction of sp³-hybridized carbons (Fsp3) is 0.385. The highest BCUT2D eigenvalue weighted by Gasteiger charge is 2.07. The van der Waals surface area contributed by atoms with Crippen LogP contribution in [0.25, 0.3) is 0 Å². The van der Waals surface area contributed by atoms with Gasteiger partial charge >= 0.3 is 0 Å². The second-order valence-electron chi connectivity index (χ2n) is 3.81. The van der Waals surface area contributed by atoms with Gasteiger partial charge in [0.25, 0.3) is 5.91 Å². The SMILES string of the molecule is N#CCCCCCNC(=O)c1ccccc1N. The number of nitrogens with one attached hydrogen (secondary N) is 1. The smallest absolute Gasteiger partial charge is 0.253 e. The number of hydrogen-bond acceptors (Lipinski definition) is 3. The van der Waals surface area contributed by atoms with E-state index in [-0.39, 0.29) is 5.91 Å². The van der Waals surface area contributed by atoms with Gasteiger partial charge in [-0.25, -0.2) is 0 Å². The standard InChI is InChI=1S/C13H17N3O/c14-9-5-1-2-6-10-16-13(17)11-7-3-4-8-12(11)15/h3-4,7-8H,1-2,5-6,10,15H2,(H,16,17). The van der Waals surface area contributed by atoms with E-state index in [1.54, 1.807) is 24.3 Å². The molecular weight excluding hydrogens is 214 g/mol. The van der Waals surface area contributed by atoms with Crippen molar-refractivity contribution in [2.24, 2.45) is 0 Å². The third-order valence-electron chi connectivity index (χ3n) is 2.46. The van der Waals surface area contributed by atoms with Crippen LogP contribution in [0.5, 0.6) is 0 Å². The Hall–Kier alpha value is -2.02. The van der Waals surface area contributed by atoms with Crippen LogP contribution in [-0.2, 0) is 0 Å². The number of nitrogens with two attached hydrogens (primary N) is 1. The number of para-hydroxylation sites is 1. The first-order valence-electron chi connectivity index (χ1n) is 5.75. The summed E-state index contributed by atoms with van der Waals surface area (Å²) in [4.78, 5) is 11.7. The number of unbranched alkanes of at least 4 members (excludes halogenated alkanes) is 3. The zero-order chi connectivity index (χ0) is 12.5. The zero-order valence-corrected chi connectivity index (χ0v) is 9.78. The van der Waals surface area contributed by atoms with Crippen molar-refractivity contribution in [3.8, 4) is 6.07 Å². The first-order chi connectivity index (χ1) is 8.25. The predicted molar refractivity (Wildman–Crippen MR) is 67.3 cm³/mol. The van der Waals surface area contributed by atoms with E-state index in [4.69, 9.17) is 11.0 Å². The molecule has 0 atom stereocenters. The van der Waals surface area contributed by atoms with E-state index in [2.05, 4.69) is 11.4 Å². The molecule has 4 nitrogen and oxygen atoms in total. The zero-order valence-electron chi connectivity index (χ0n) is 9.78. The molecule has 1 rings (SSSR count). The highest BCUT2D eigenvalue weighted by Crippen LogP contribution is 2.09. The molecule has 0 saturated carbocycles. The minimum Gasteiger partial charge on any atom is -0.398 e. The summed E-state index contributed by atoms with van der Waals surface area (Å²) < 4.78 is 0. The molecule has 0 bridgehead atoms. The van der Waals surface area contributed by atoms with Crippen LogP contribution >= 0.6 is 0 Å². The minimum atomic E-state index is -0.136. The van der Waals surface area contributed by atoms with Crippen molar-refractivity contribution in [1.29, 1.82) is 5.26 Å². The summed E-state index contributed by atoms with van der Waals surface area (Å²) in [6, 6.07) is 9.11. The molecule has 1 aromatic carbocycles. The number of nitrogens with zero attached hydrogens (tertiary/aromatic N) is 1. The fourth-order valence-electron chi connectivity index (χ4n) is 1.51. The lowest BCUT2D eigenvalue weighted by Gasteiger charge is -2.06. The average molecular weight is 231 g/mol. The molecule has 17 heavy (non-hydrogen) atoms. The van der Waals surface area contributed by atoms with Crippen LogP contribution in [0.15, 0.2) is 24.3 Å². The number of carbonyl (C=O) groups excluding carboxylic acids is 1. The number of benzene rings is 1. The van der Waals surface area contributed by atoms with Crippen molar-refractivity contribution in [2.45, 2.75) is 25.7 Å². The van der Waals surface area contributed by atoms with E-state index in [0.29, 0.717) is 24.2 Å². The lowest BCUT2D eigenvalue weighted by atomic mass is 10.1. The predicted octanol–water partition coefficient (Wildman–Crippen LogP) is 2.08. The van der Waals surface area contributed by atoms with Crippen LogP contribution in [0.4, 0.5) is 5.69 Å². The number of anilines is 1. The summed E-state index contributed by atoms with van der Waals surface area (Å²) in [5.41, 5.74) is 6.71. The fourth-order valence-corrected chi connectivity index (χ4v) is 1.51. The van der Waals surface area contributed by atoms with Gasteiger partial charge in [0.2, 0.25) is 0 Å². The molecule has 0 aliphatic rings. The van der Waals surface area contributed by atoms with Crippen LogP contribution in [0.1, 0.15) is 36.0 Å². The van der Waals surface area contributed by atoms with Gasteiger partial charge in [0.05, 0.1) is 11.6 Å². The van der Waals surface area contributed by atoms with Crippen molar-refractivity contribution in [3.05, 3.63) is 29.8 Å². The maximum Gasteiger partial charge on any atom is 0.253 e. The molecule has 0 spiro atoms. The second-order valence-corrected chi connectivity index (χ2v) is 3.81. The second kappa shape index (κ2) is 7.29. The van der Waals surface area contributed by atoms with Gasteiger partial charge in [-0.2, -0.15) is 5.26 Å². The van der Waals surface area contributed by atoms with E-state index in [1.807, 2.05) is 0 Å². The van der Waals surface area contributed by atoms with Crippen molar-refractivity contribution in [1.82, 2.24) is 5.32 Å². The Morgan fingerprint density at radius 2 is 2.06 bits per heavy atom. The molecule has 90 valence electrons. The number of rotatable bonds is 6. The molecule has 0 fully saturated rings. The molecule has 0 radical (unpaired) electrons. The Kier molecular flexibility index (Phi) is 5.59. The molecule has 0 unspecified atom stereocenters. The number of carbonyl (C=O) groups is 1. The molecule has 4 heteroatoms. The Balaban J connectivity index is 2.27. The van der Waals surface area contributed by atoms with Crippen molar-refractivity contribution < 1.29 is 4.79 Å². The Morgan fingerprint density at radius 3 is 2.76 bits per heavy atom. The highest BCUT2D eigenvalue weighted by atomic mass is 16.1. The molecule has 1 amide bonds. The van der Waals surface area contributed by atoms with Gasteiger partial charge in [-0.1, -0.05) is 18.6 Å². The number of nitriles is 1. The Bertz CT molecular complexity index is 409. The van der Waals surface area contributed by atoms with Gasteiger partial charge in [0, 0.05) is 18.7 Å². The van der Waals surface area contributed by atoms with Crippen LogP contribution in [0.3, 0.4) is 0 Å². The third kappa shape index (κ3) is 4.56. The van der Waals surface area contributed by atoms with Gasteiger partial charge < -0.3 is 11.1 Å². The lowest BCUT2D eigenvalue weighted by molar-refractivity contribution is 0.0954. The highest BCUT2D eigenvalue weighted by molar-refractivity contribution is 5.98. The van der Waals surface area contributed by atoms with E-state index >= 15 is 0 Å². The normalized spacial score (nSPS) is 9.59. The quantitative estimate of drug-likeness (QED) is 0.581. The van der Waals surface area contributed by atoms with Crippen molar-refractivity contribution >= 4 is 11.6 Å². The topological polar surface area (TPSA) is 78.9 Å². The molecular formula is C13H17N3O. The summed E-state index contributed by atoms with van der Waals surface area (Å²) >= 11 is 0. The van der Waals surface area contributed by atoms with Crippen LogP contribution in [-0.4, -0.2) is 12.5 Å². The van der Waals surface area contributed by atoms with Gasteiger partial charge in [-0.3, -0.25) is 4.79 Å². The van der Waals surface area contributed by atoms with Gasteiger partial charge in [0.1, 0.15) is 0 Å². The molecule has 0 saturated heterocycles. The maximum absolute atomic E-state index is 11.7. The molecule has 0 aliphatic heterocycles. The van der Waals surface area contributed by atoms with Gasteiger partial charge in [-0.05, 0) is 25.0 Å². The van der Waals surface area contributed by atoms with E-state index in [0.717, 1.165) is 19.3 Å². The monoisotopic (exact) mass is 231 g/mol. The van der Waals surface area contributed by atoms with E-state index < -0.39 is 0 Å². The van der Waals surface area contributed by atoms with Crippen LogP contribution in [0.2, 0.25) is 0 Å². The Labute approximate surface area is 101 Å². The first-order valence-corrected chi connectivity index (χ1v) is 5.75. The molecule has 1 aromatic rings. The van der Waals surface area contributed by atoms with Gasteiger partial charge in [-0.15, -0.1) is 0 Å². The van der Waals surface area contributed by atoms with Crippen LogP contribution in [0, 0.1) is 11.3 Å². The van der Waals surface area contributed by atoms with Crippen molar-refractivity contribution in [3.63, 3.8) is 0 Å². The molecule has 3 N–H and O–H groups in total. The third-order valence-corrected chi connectivity index (χ3v) is 2.46. The Morgan fingerprint density at radius 1 is 1.29 bits per heavy atom. The summed E-state index contributed by atoms with van der Waals surface area (Å²) in [6.07, 6.45) is 3.32. The average Bonchev–Trinajstić information content (AvgIpc) is 2.34. The first kappa shape index (κ1) is 13.0. The number of nitrogen functional groups attached to an aromatic ring is 1. The number of amides is 1. The summed E-state index contributed by atoms with van der Waals surface area (Å²) in [5, 5.41) is 11.2. The molecule has 0 aromatic heterocycles. The lowest BCUT2D eigenvalue weighted by Crippen LogP contribution is -2.25. The minimum absolute atomic E-state index is 0.136. The maximum atomic E-state index is 11.7. The van der Waals surface area contributed by atoms with Crippen molar-refractivity contribution in [2.75, 3.05) is 12.3 Å². The van der Waals surface area contributed by atoms with Crippen LogP contribution < -0.4 is 11.1 Å². The van der Waals surface area contributed by atoms with E-state index in [1.165, 1.54) is 0 Å². The van der Waals surface area contributed by atoms with Gasteiger partial charge in [0.15, 0.2) is 0 Å². The summed E-state index contributed by atoms with van der Waals surface area (Å²) in [6.45, 7) is 0.624. The number of hydrogen-bond donors (Lipinski definition) is 2. The summed E-state index contributed by atoms with van der Waals surface area (Å²) in [5.74, 6) is -0.136.